The van der Waals surface area contributed by atoms with E-state index in [0.29, 0.717) is 19.3 Å². The van der Waals surface area contributed by atoms with Crippen LogP contribution in [0.25, 0.3) is 0 Å². The molecule has 0 aromatic heterocycles. The summed E-state index contributed by atoms with van der Waals surface area (Å²) < 4.78 is 74.3. The van der Waals surface area contributed by atoms with Crippen LogP contribution >= 0.6 is 0 Å². The molecule has 0 bridgehead atoms. The SMILES string of the molecule is OC1=CC=CC([C@@H]2Nc3c(F)cc(C(F)(F)F)c(F)c3[C@H]3OCCC[C@H]32)C1. The van der Waals surface area contributed by atoms with Gasteiger partial charge in [0, 0.05) is 36.5 Å². The number of fused-ring (bicyclic) bond motifs is 3. The van der Waals surface area contributed by atoms with Crippen LogP contribution in [0.15, 0.2) is 30.1 Å². The minimum Gasteiger partial charge on any atom is -0.512 e. The molecule has 2 aliphatic heterocycles. The van der Waals surface area contributed by atoms with Gasteiger partial charge in [0.05, 0.1) is 23.1 Å². The first-order chi connectivity index (χ1) is 12.8. The molecule has 1 aromatic rings. The number of anilines is 1. The number of benzene rings is 1. The number of rotatable bonds is 1. The van der Waals surface area contributed by atoms with Crippen molar-refractivity contribution in [2.24, 2.45) is 11.8 Å². The van der Waals surface area contributed by atoms with E-state index in [9.17, 15) is 27.1 Å². The second kappa shape index (κ2) is 6.51. The van der Waals surface area contributed by atoms with Gasteiger partial charge in [0.15, 0.2) is 0 Å². The Bertz CT molecular complexity index is 817. The first kappa shape index (κ1) is 18.3. The van der Waals surface area contributed by atoms with E-state index < -0.39 is 29.5 Å². The Balaban J connectivity index is 1.81. The first-order valence-corrected chi connectivity index (χ1v) is 8.81. The second-order valence-corrected chi connectivity index (χ2v) is 7.18. The molecule has 1 fully saturated rings. The van der Waals surface area contributed by atoms with Crippen molar-refractivity contribution in [2.75, 3.05) is 11.9 Å². The fourth-order valence-electron chi connectivity index (χ4n) is 4.37. The third kappa shape index (κ3) is 3.09. The van der Waals surface area contributed by atoms with Gasteiger partial charge in [-0.2, -0.15) is 13.2 Å². The largest absolute Gasteiger partial charge is 0.512 e. The molecule has 146 valence electrons. The normalized spacial score (nSPS) is 30.2. The lowest BCUT2D eigenvalue weighted by atomic mass is 9.73. The van der Waals surface area contributed by atoms with Gasteiger partial charge in [-0.05, 0) is 25.0 Å². The lowest BCUT2D eigenvalue weighted by Crippen LogP contribution is -2.46. The van der Waals surface area contributed by atoms with Crippen molar-refractivity contribution in [3.63, 3.8) is 0 Å². The molecule has 0 saturated carbocycles. The summed E-state index contributed by atoms with van der Waals surface area (Å²) in [6.07, 6.45) is 0.733. The number of alkyl halides is 3. The molecule has 1 unspecified atom stereocenters. The molecular formula is C19H18F5NO2. The minimum absolute atomic E-state index is 0.169. The van der Waals surface area contributed by atoms with Gasteiger partial charge in [-0.25, -0.2) is 8.78 Å². The molecule has 0 amide bonds. The van der Waals surface area contributed by atoms with Gasteiger partial charge in [-0.15, -0.1) is 0 Å². The van der Waals surface area contributed by atoms with Crippen molar-refractivity contribution in [1.29, 1.82) is 0 Å². The molecule has 0 radical (unpaired) electrons. The number of ether oxygens (including phenoxy) is 1. The fraction of sp³-hybridized carbons (Fsp3) is 0.474. The highest BCUT2D eigenvalue weighted by atomic mass is 19.4. The number of aliphatic hydroxyl groups is 1. The van der Waals surface area contributed by atoms with Gasteiger partial charge in [0.1, 0.15) is 11.6 Å². The average Bonchev–Trinajstić information content (AvgIpc) is 2.62. The van der Waals surface area contributed by atoms with Gasteiger partial charge in [-0.3, -0.25) is 0 Å². The minimum atomic E-state index is -5.00. The molecule has 2 heterocycles. The summed E-state index contributed by atoms with van der Waals surface area (Å²) in [6, 6.07) is -0.198. The van der Waals surface area contributed by atoms with Crippen LogP contribution in [0.5, 0.6) is 0 Å². The molecule has 4 rings (SSSR count). The van der Waals surface area contributed by atoms with E-state index in [1.54, 1.807) is 12.2 Å². The summed E-state index contributed by atoms with van der Waals surface area (Å²) in [5.74, 6) is -3.01. The molecule has 1 aliphatic carbocycles. The second-order valence-electron chi connectivity index (χ2n) is 7.18. The standard InChI is InChI=1S/C19H18F5NO2/c20-13-8-12(19(22,23)24)15(21)14-17(13)25-16(9-3-1-4-10(26)7-9)11-5-2-6-27-18(11)14/h1,3-4,8-9,11,16,18,25-26H,2,5-7H2/t9?,11-,16-,18-/m0/s1. The number of aliphatic hydroxyl groups excluding tert-OH is 1. The summed E-state index contributed by atoms with van der Waals surface area (Å²) >= 11 is 0. The lowest BCUT2D eigenvalue weighted by molar-refractivity contribution is -0.140. The number of hydrogen-bond acceptors (Lipinski definition) is 3. The zero-order chi connectivity index (χ0) is 19.3. The predicted octanol–water partition coefficient (Wildman–Crippen LogP) is 5.26. The molecule has 27 heavy (non-hydrogen) atoms. The maximum atomic E-state index is 14.8. The van der Waals surface area contributed by atoms with Crippen LogP contribution in [0.1, 0.15) is 36.5 Å². The lowest BCUT2D eigenvalue weighted by Gasteiger charge is -2.46. The third-order valence-corrected chi connectivity index (χ3v) is 5.54. The maximum absolute atomic E-state index is 14.8. The van der Waals surface area contributed by atoms with Crippen LogP contribution in [0, 0.1) is 23.5 Å². The van der Waals surface area contributed by atoms with E-state index in [0.717, 1.165) is 0 Å². The zero-order valence-corrected chi connectivity index (χ0v) is 14.2. The summed E-state index contributed by atoms with van der Waals surface area (Å²) in [7, 11) is 0. The van der Waals surface area contributed by atoms with Crippen molar-refractivity contribution >= 4 is 5.69 Å². The van der Waals surface area contributed by atoms with Gasteiger partial charge in [-0.1, -0.05) is 12.2 Å². The highest BCUT2D eigenvalue weighted by Crippen LogP contribution is 2.50. The van der Waals surface area contributed by atoms with Gasteiger partial charge >= 0.3 is 6.18 Å². The number of hydrogen-bond donors (Lipinski definition) is 2. The van der Waals surface area contributed by atoms with Gasteiger partial charge < -0.3 is 15.2 Å². The Morgan fingerprint density at radius 1 is 1.22 bits per heavy atom. The van der Waals surface area contributed by atoms with Crippen molar-refractivity contribution in [3.8, 4) is 0 Å². The van der Waals surface area contributed by atoms with Crippen molar-refractivity contribution in [3.05, 3.63) is 52.8 Å². The van der Waals surface area contributed by atoms with Crippen LogP contribution < -0.4 is 5.32 Å². The monoisotopic (exact) mass is 387 g/mol. The van der Waals surface area contributed by atoms with Crippen molar-refractivity contribution < 1.29 is 31.8 Å². The predicted molar refractivity (Wildman–Crippen MR) is 88.1 cm³/mol. The van der Waals surface area contributed by atoms with Crippen LogP contribution in [-0.4, -0.2) is 17.8 Å². The van der Waals surface area contributed by atoms with E-state index in [1.165, 1.54) is 0 Å². The Kier molecular flexibility index (Phi) is 4.41. The molecule has 0 spiro atoms. The molecule has 8 heteroatoms. The van der Waals surface area contributed by atoms with Gasteiger partial charge in [0.2, 0.25) is 0 Å². The molecule has 1 saturated heterocycles. The Morgan fingerprint density at radius 3 is 2.70 bits per heavy atom. The quantitative estimate of drug-likeness (QED) is 0.646. The molecule has 2 N–H and O–H groups in total. The Morgan fingerprint density at radius 2 is 2.00 bits per heavy atom. The van der Waals surface area contributed by atoms with E-state index in [-0.39, 0.29) is 47.6 Å². The van der Waals surface area contributed by atoms with Crippen molar-refractivity contribution in [2.45, 2.75) is 37.6 Å². The fourth-order valence-corrected chi connectivity index (χ4v) is 4.37. The smallest absolute Gasteiger partial charge is 0.419 e. The third-order valence-electron chi connectivity index (χ3n) is 5.54. The van der Waals surface area contributed by atoms with E-state index in [1.807, 2.05) is 6.08 Å². The number of nitrogens with one attached hydrogen (secondary N) is 1. The van der Waals surface area contributed by atoms with Crippen LogP contribution in [-0.2, 0) is 10.9 Å². The van der Waals surface area contributed by atoms with E-state index >= 15 is 0 Å². The summed E-state index contributed by atoms with van der Waals surface area (Å²) in [5, 5.41) is 12.7. The molecule has 3 nitrogen and oxygen atoms in total. The molecular weight excluding hydrogens is 369 g/mol. The van der Waals surface area contributed by atoms with Gasteiger partial charge in [0.25, 0.3) is 0 Å². The zero-order valence-electron chi connectivity index (χ0n) is 14.2. The Labute approximate surface area is 152 Å². The summed E-state index contributed by atoms with van der Waals surface area (Å²) in [4.78, 5) is 0. The summed E-state index contributed by atoms with van der Waals surface area (Å²) in [5.41, 5.74) is -2.29. The summed E-state index contributed by atoms with van der Waals surface area (Å²) in [6.45, 7) is 0.274. The van der Waals surface area contributed by atoms with E-state index in [2.05, 4.69) is 5.32 Å². The molecule has 3 aliphatic rings. The van der Waals surface area contributed by atoms with Crippen LogP contribution in [0.3, 0.4) is 0 Å². The first-order valence-electron chi connectivity index (χ1n) is 8.81. The maximum Gasteiger partial charge on any atom is 0.419 e. The average molecular weight is 387 g/mol. The van der Waals surface area contributed by atoms with Crippen LogP contribution in [0.2, 0.25) is 0 Å². The number of halogens is 5. The molecule has 1 aromatic carbocycles. The Hall–Kier alpha value is -2.09. The number of allylic oxidation sites excluding steroid dienone is 3. The highest BCUT2D eigenvalue weighted by Gasteiger charge is 2.47. The van der Waals surface area contributed by atoms with Crippen molar-refractivity contribution in [1.82, 2.24) is 0 Å². The topological polar surface area (TPSA) is 41.5 Å². The highest BCUT2D eigenvalue weighted by molar-refractivity contribution is 5.60. The van der Waals surface area contributed by atoms with E-state index in [4.69, 9.17) is 4.74 Å². The van der Waals surface area contributed by atoms with Crippen LogP contribution in [0.4, 0.5) is 27.6 Å². The molecule has 4 atom stereocenters.